The molecule has 12 heteroatoms. The van der Waals surface area contributed by atoms with E-state index in [0.717, 1.165) is 32.5 Å². The number of hydrogen-bond acceptors (Lipinski definition) is 7. The number of carbonyl (C=O) groups excluding carboxylic acids is 1. The summed E-state index contributed by atoms with van der Waals surface area (Å²) in [6, 6.07) is 2.93. The van der Waals surface area contributed by atoms with Crippen molar-refractivity contribution in [3.63, 3.8) is 0 Å². The molecule has 1 aliphatic carbocycles. The Morgan fingerprint density at radius 1 is 1.19 bits per heavy atom. The van der Waals surface area contributed by atoms with Gasteiger partial charge < -0.3 is 21.3 Å². The number of likely N-dealkylation sites (tertiary alicyclic amines) is 1. The molecule has 1 atom stereocenters. The standard InChI is InChI=1S/C25H31Cl2FN8O/c1-2-35-9-3-4-16(13-35)31-24-30-12-20-23(34-24)36(17-7-5-14(6-8-17)22(29)37)25(32-20)33-21-18(27)10-15(26)11-19(21)28/h10-12,14,16-17H,2-9,13H2,1H3,(H2,29,37)(H,32,33)(H,30,31,34). The van der Waals surface area contributed by atoms with E-state index in [2.05, 4.69) is 27.4 Å². The van der Waals surface area contributed by atoms with Gasteiger partial charge in [-0.1, -0.05) is 30.1 Å². The van der Waals surface area contributed by atoms with E-state index in [9.17, 15) is 9.18 Å². The van der Waals surface area contributed by atoms with Crippen molar-refractivity contribution in [1.29, 1.82) is 0 Å². The average Bonchev–Trinajstić information content (AvgIpc) is 3.23. The summed E-state index contributed by atoms with van der Waals surface area (Å²) in [7, 11) is 0. The minimum Gasteiger partial charge on any atom is -0.369 e. The van der Waals surface area contributed by atoms with Gasteiger partial charge in [0.05, 0.1) is 16.9 Å². The molecule has 2 aromatic heterocycles. The molecule has 1 unspecified atom stereocenters. The number of nitrogens with two attached hydrogens (primary N) is 1. The second-order valence-electron chi connectivity index (χ2n) is 9.86. The highest BCUT2D eigenvalue weighted by molar-refractivity contribution is 6.36. The zero-order valence-electron chi connectivity index (χ0n) is 20.7. The largest absolute Gasteiger partial charge is 0.369 e. The minimum atomic E-state index is -0.584. The van der Waals surface area contributed by atoms with Crippen LogP contribution in [0.2, 0.25) is 10.0 Å². The van der Waals surface area contributed by atoms with E-state index in [1.165, 1.54) is 12.1 Å². The summed E-state index contributed by atoms with van der Waals surface area (Å²) in [5, 5.41) is 6.91. The Balaban J connectivity index is 1.50. The predicted molar refractivity (Wildman–Crippen MR) is 144 cm³/mol. The quantitative estimate of drug-likeness (QED) is 0.375. The van der Waals surface area contributed by atoms with Gasteiger partial charge in [0.2, 0.25) is 17.8 Å². The van der Waals surface area contributed by atoms with Crippen LogP contribution in [0.25, 0.3) is 11.2 Å². The normalized spacial score (nSPS) is 22.8. The molecule has 1 aliphatic heterocycles. The molecule has 0 bridgehead atoms. The third-order valence-corrected chi connectivity index (χ3v) is 7.94. The smallest absolute Gasteiger partial charge is 0.225 e. The summed E-state index contributed by atoms with van der Waals surface area (Å²) >= 11 is 12.3. The number of likely N-dealkylation sites (N-methyl/N-ethyl adjacent to an activating group) is 1. The van der Waals surface area contributed by atoms with E-state index in [1.54, 1.807) is 6.20 Å². The van der Waals surface area contributed by atoms with Gasteiger partial charge in [-0.3, -0.25) is 9.36 Å². The van der Waals surface area contributed by atoms with Crippen LogP contribution in [0.15, 0.2) is 18.3 Å². The number of piperidine rings is 1. The molecule has 2 fully saturated rings. The molecule has 2 aliphatic rings. The molecule has 1 amide bonds. The number of nitrogens with zero attached hydrogens (tertiary/aromatic N) is 5. The Hall–Kier alpha value is -2.69. The van der Waals surface area contributed by atoms with Crippen LogP contribution in [0.1, 0.15) is 51.5 Å². The van der Waals surface area contributed by atoms with Crippen LogP contribution in [-0.4, -0.2) is 56.0 Å². The number of nitrogens with one attached hydrogen (secondary N) is 2. The van der Waals surface area contributed by atoms with Crippen LogP contribution in [0.3, 0.4) is 0 Å². The Labute approximate surface area is 224 Å². The molecule has 0 spiro atoms. The monoisotopic (exact) mass is 548 g/mol. The highest BCUT2D eigenvalue weighted by atomic mass is 35.5. The van der Waals surface area contributed by atoms with E-state index in [1.807, 2.05) is 4.57 Å². The lowest BCUT2D eigenvalue weighted by Crippen LogP contribution is -2.42. The van der Waals surface area contributed by atoms with Crippen LogP contribution in [0.4, 0.5) is 22.0 Å². The van der Waals surface area contributed by atoms with Crippen LogP contribution in [0, 0.1) is 11.7 Å². The van der Waals surface area contributed by atoms with E-state index in [-0.39, 0.29) is 39.6 Å². The van der Waals surface area contributed by atoms with E-state index in [0.29, 0.717) is 48.7 Å². The van der Waals surface area contributed by atoms with Crippen molar-refractivity contribution in [2.75, 3.05) is 30.3 Å². The van der Waals surface area contributed by atoms with Crippen molar-refractivity contribution in [3.8, 4) is 0 Å². The Kier molecular flexibility index (Phi) is 7.69. The van der Waals surface area contributed by atoms with Gasteiger partial charge in [-0.05, 0) is 63.7 Å². The molecule has 3 heterocycles. The second-order valence-corrected chi connectivity index (χ2v) is 10.7. The molecule has 5 rings (SSSR count). The van der Waals surface area contributed by atoms with Crippen molar-refractivity contribution in [2.24, 2.45) is 11.7 Å². The molecule has 1 saturated carbocycles. The maximum absolute atomic E-state index is 14.8. The van der Waals surface area contributed by atoms with Gasteiger partial charge in [-0.15, -0.1) is 0 Å². The zero-order valence-corrected chi connectivity index (χ0v) is 22.2. The van der Waals surface area contributed by atoms with Gasteiger partial charge in [-0.25, -0.2) is 14.4 Å². The van der Waals surface area contributed by atoms with Crippen molar-refractivity contribution in [1.82, 2.24) is 24.4 Å². The highest BCUT2D eigenvalue weighted by Crippen LogP contribution is 2.38. The number of amides is 1. The maximum Gasteiger partial charge on any atom is 0.225 e. The third-order valence-electron chi connectivity index (χ3n) is 7.43. The number of aromatic nitrogens is 4. The first kappa shape index (κ1) is 25.9. The highest BCUT2D eigenvalue weighted by Gasteiger charge is 2.30. The van der Waals surface area contributed by atoms with E-state index < -0.39 is 5.82 Å². The Morgan fingerprint density at radius 3 is 2.68 bits per heavy atom. The number of hydrogen-bond donors (Lipinski definition) is 3. The topological polar surface area (TPSA) is 114 Å². The third kappa shape index (κ3) is 5.61. The van der Waals surface area contributed by atoms with Crippen LogP contribution >= 0.6 is 23.2 Å². The summed E-state index contributed by atoms with van der Waals surface area (Å²) in [6.45, 7) is 5.22. The van der Waals surface area contributed by atoms with Gasteiger partial charge in [0.1, 0.15) is 11.3 Å². The summed E-state index contributed by atoms with van der Waals surface area (Å²) < 4.78 is 16.8. The van der Waals surface area contributed by atoms with Crippen molar-refractivity contribution in [2.45, 2.75) is 57.5 Å². The molecular formula is C25H31Cl2FN8O. The number of imidazole rings is 1. The van der Waals surface area contributed by atoms with Crippen LogP contribution in [0.5, 0.6) is 0 Å². The second kappa shape index (κ2) is 11.0. The lowest BCUT2D eigenvalue weighted by atomic mass is 9.85. The van der Waals surface area contributed by atoms with E-state index in [4.69, 9.17) is 38.9 Å². The number of halogens is 3. The fourth-order valence-electron chi connectivity index (χ4n) is 5.43. The first-order valence-corrected chi connectivity index (χ1v) is 13.5. The van der Waals surface area contributed by atoms with Gasteiger partial charge in [0.15, 0.2) is 5.65 Å². The zero-order chi connectivity index (χ0) is 26.1. The van der Waals surface area contributed by atoms with Crippen LogP contribution in [-0.2, 0) is 4.79 Å². The molecular weight excluding hydrogens is 518 g/mol. The molecule has 1 saturated heterocycles. The fraction of sp³-hybridized carbons (Fsp3) is 0.520. The predicted octanol–water partition coefficient (Wildman–Crippen LogP) is 5.13. The Morgan fingerprint density at radius 2 is 1.97 bits per heavy atom. The van der Waals surface area contributed by atoms with Gasteiger partial charge in [0.25, 0.3) is 0 Å². The number of benzene rings is 1. The SMILES string of the molecule is CCN1CCCC(Nc2ncc3nc(Nc4c(F)cc(Cl)cc4Cl)n(C4CCC(C(N)=O)CC4)c3n2)C1. The number of primary amides is 1. The summed E-state index contributed by atoms with van der Waals surface area (Å²) in [5.74, 6) is -0.0682. The molecule has 1 aromatic carbocycles. The van der Waals surface area contributed by atoms with E-state index >= 15 is 0 Å². The number of carbonyl (C=O) groups is 1. The Bertz CT molecular complexity index is 1270. The number of fused-ring (bicyclic) bond motifs is 1. The first-order chi connectivity index (χ1) is 17.8. The van der Waals surface area contributed by atoms with Crippen molar-refractivity contribution < 1.29 is 9.18 Å². The lowest BCUT2D eigenvalue weighted by molar-refractivity contribution is -0.122. The summed E-state index contributed by atoms with van der Waals surface area (Å²) in [4.78, 5) is 28.2. The molecule has 198 valence electrons. The lowest BCUT2D eigenvalue weighted by Gasteiger charge is -2.32. The maximum atomic E-state index is 14.8. The number of anilines is 3. The molecule has 0 radical (unpaired) electrons. The van der Waals surface area contributed by atoms with Gasteiger partial charge in [-0.2, -0.15) is 4.98 Å². The number of rotatable bonds is 7. The van der Waals surface area contributed by atoms with Gasteiger partial charge >= 0.3 is 0 Å². The summed E-state index contributed by atoms with van der Waals surface area (Å²) in [6.07, 6.45) is 6.62. The minimum absolute atomic E-state index is 0.00903. The molecule has 4 N–H and O–H groups in total. The van der Waals surface area contributed by atoms with Crippen LogP contribution < -0.4 is 16.4 Å². The molecule has 37 heavy (non-hydrogen) atoms. The summed E-state index contributed by atoms with van der Waals surface area (Å²) in [5.41, 5.74) is 6.86. The van der Waals surface area contributed by atoms with Gasteiger partial charge in [0, 0.05) is 29.6 Å². The molecule has 3 aromatic rings. The average molecular weight is 549 g/mol. The van der Waals surface area contributed by atoms with Crippen molar-refractivity contribution in [3.05, 3.63) is 34.2 Å². The van der Waals surface area contributed by atoms with Crippen molar-refractivity contribution >= 4 is 57.9 Å². The first-order valence-electron chi connectivity index (χ1n) is 12.8. The fourth-order valence-corrected chi connectivity index (χ4v) is 5.95. The molecule has 9 nitrogen and oxygen atoms in total.